The number of hydrogen-bond acceptors (Lipinski definition) is 3. The van der Waals surface area contributed by atoms with Crippen LogP contribution in [0.5, 0.6) is 0 Å². The zero-order valence-corrected chi connectivity index (χ0v) is 11.3. The average molecular weight is 266 g/mol. The molecule has 0 aliphatic rings. The number of nitrogens with one attached hydrogen (secondary N) is 2. The summed E-state index contributed by atoms with van der Waals surface area (Å²) in [7, 11) is 0. The van der Waals surface area contributed by atoms with Crippen molar-refractivity contribution in [1.82, 2.24) is 15.2 Å². The SMILES string of the molecule is Cc1ccc(C)c(NC(=O)c2n[nH]c3ccncc23)c1. The van der Waals surface area contributed by atoms with Gasteiger partial charge in [0, 0.05) is 18.1 Å². The fraction of sp³-hybridized carbons (Fsp3) is 0.133. The van der Waals surface area contributed by atoms with Crippen LogP contribution in [0.25, 0.3) is 10.9 Å². The monoisotopic (exact) mass is 266 g/mol. The van der Waals surface area contributed by atoms with Gasteiger partial charge in [-0.05, 0) is 37.1 Å². The number of nitrogens with zero attached hydrogens (tertiary/aromatic N) is 2. The molecule has 0 saturated carbocycles. The number of aryl methyl sites for hydroxylation is 2. The van der Waals surface area contributed by atoms with Crippen molar-refractivity contribution in [2.24, 2.45) is 0 Å². The van der Waals surface area contributed by atoms with E-state index < -0.39 is 0 Å². The highest BCUT2D eigenvalue weighted by molar-refractivity contribution is 6.11. The van der Waals surface area contributed by atoms with Gasteiger partial charge in [-0.1, -0.05) is 12.1 Å². The van der Waals surface area contributed by atoms with Crippen molar-refractivity contribution in [1.29, 1.82) is 0 Å². The van der Waals surface area contributed by atoms with Crippen LogP contribution in [0.4, 0.5) is 5.69 Å². The second-order valence-electron chi connectivity index (χ2n) is 4.77. The number of pyridine rings is 1. The van der Waals surface area contributed by atoms with Crippen LogP contribution in [0.3, 0.4) is 0 Å². The number of aromatic nitrogens is 3. The second kappa shape index (κ2) is 4.77. The van der Waals surface area contributed by atoms with Crippen LogP contribution >= 0.6 is 0 Å². The Bertz CT molecular complexity index is 791. The molecule has 1 amide bonds. The summed E-state index contributed by atoms with van der Waals surface area (Å²) in [6, 6.07) is 7.73. The van der Waals surface area contributed by atoms with Gasteiger partial charge in [0.05, 0.1) is 10.9 Å². The van der Waals surface area contributed by atoms with Crippen LogP contribution in [0.2, 0.25) is 0 Å². The molecule has 2 aromatic heterocycles. The molecular weight excluding hydrogens is 252 g/mol. The zero-order chi connectivity index (χ0) is 14.1. The zero-order valence-electron chi connectivity index (χ0n) is 11.3. The highest BCUT2D eigenvalue weighted by atomic mass is 16.1. The quantitative estimate of drug-likeness (QED) is 0.749. The Labute approximate surface area is 116 Å². The van der Waals surface area contributed by atoms with E-state index in [1.54, 1.807) is 18.5 Å². The number of carbonyl (C=O) groups excluding carboxylic acids is 1. The fourth-order valence-corrected chi connectivity index (χ4v) is 2.08. The van der Waals surface area contributed by atoms with Crippen molar-refractivity contribution < 1.29 is 4.79 Å². The third-order valence-corrected chi connectivity index (χ3v) is 3.22. The van der Waals surface area contributed by atoms with Gasteiger partial charge in [-0.25, -0.2) is 0 Å². The minimum absolute atomic E-state index is 0.238. The summed E-state index contributed by atoms with van der Waals surface area (Å²) in [5.41, 5.74) is 4.07. The number of amides is 1. The number of fused-ring (bicyclic) bond motifs is 1. The van der Waals surface area contributed by atoms with Gasteiger partial charge in [0.25, 0.3) is 5.91 Å². The summed E-state index contributed by atoms with van der Waals surface area (Å²) >= 11 is 0. The molecule has 100 valence electrons. The number of carbonyl (C=O) groups is 1. The van der Waals surface area contributed by atoms with Gasteiger partial charge >= 0.3 is 0 Å². The fourth-order valence-electron chi connectivity index (χ4n) is 2.08. The van der Waals surface area contributed by atoms with Crippen LogP contribution in [0.1, 0.15) is 21.6 Å². The van der Waals surface area contributed by atoms with Gasteiger partial charge in [-0.3, -0.25) is 14.9 Å². The molecule has 1 aromatic carbocycles. The van der Waals surface area contributed by atoms with Crippen molar-refractivity contribution >= 4 is 22.5 Å². The van der Waals surface area contributed by atoms with Crippen molar-refractivity contribution in [3.05, 3.63) is 53.5 Å². The molecule has 0 fully saturated rings. The van der Waals surface area contributed by atoms with Crippen molar-refractivity contribution in [2.75, 3.05) is 5.32 Å². The lowest BCUT2D eigenvalue weighted by Gasteiger charge is -2.08. The molecule has 0 unspecified atom stereocenters. The Morgan fingerprint density at radius 1 is 1.25 bits per heavy atom. The highest BCUT2D eigenvalue weighted by Gasteiger charge is 2.15. The summed E-state index contributed by atoms with van der Waals surface area (Å²) in [5, 5.41) is 10.5. The van der Waals surface area contributed by atoms with Crippen LogP contribution in [-0.2, 0) is 0 Å². The normalized spacial score (nSPS) is 10.7. The number of benzene rings is 1. The smallest absolute Gasteiger partial charge is 0.276 e. The summed E-state index contributed by atoms with van der Waals surface area (Å²) in [5.74, 6) is -0.238. The van der Waals surface area contributed by atoms with E-state index in [0.717, 1.165) is 27.7 Å². The largest absolute Gasteiger partial charge is 0.320 e. The summed E-state index contributed by atoms with van der Waals surface area (Å²) in [4.78, 5) is 16.4. The number of rotatable bonds is 2. The third-order valence-electron chi connectivity index (χ3n) is 3.22. The van der Waals surface area contributed by atoms with Crippen LogP contribution in [0.15, 0.2) is 36.7 Å². The number of anilines is 1. The van der Waals surface area contributed by atoms with Crippen LogP contribution in [0, 0.1) is 13.8 Å². The Hall–Kier alpha value is -2.69. The molecule has 0 aliphatic heterocycles. The van der Waals surface area contributed by atoms with Crippen molar-refractivity contribution in [2.45, 2.75) is 13.8 Å². The molecule has 5 heteroatoms. The number of H-pyrrole nitrogens is 1. The minimum atomic E-state index is -0.238. The molecule has 0 saturated heterocycles. The molecule has 0 atom stereocenters. The topological polar surface area (TPSA) is 70.7 Å². The second-order valence-corrected chi connectivity index (χ2v) is 4.77. The molecule has 0 bridgehead atoms. The van der Waals surface area contributed by atoms with Crippen LogP contribution in [-0.4, -0.2) is 21.1 Å². The Balaban J connectivity index is 1.95. The maximum absolute atomic E-state index is 12.3. The molecule has 0 radical (unpaired) electrons. The lowest BCUT2D eigenvalue weighted by molar-refractivity contribution is 0.102. The van der Waals surface area contributed by atoms with E-state index in [1.807, 2.05) is 32.0 Å². The molecule has 2 heterocycles. The molecule has 5 nitrogen and oxygen atoms in total. The Morgan fingerprint density at radius 2 is 2.10 bits per heavy atom. The summed E-state index contributed by atoms with van der Waals surface area (Å²) < 4.78 is 0. The highest BCUT2D eigenvalue weighted by Crippen LogP contribution is 2.19. The number of aromatic amines is 1. The Kier molecular flexibility index (Phi) is 2.95. The molecule has 3 rings (SSSR count). The van der Waals surface area contributed by atoms with Crippen LogP contribution < -0.4 is 5.32 Å². The van der Waals surface area contributed by atoms with E-state index >= 15 is 0 Å². The van der Waals surface area contributed by atoms with Gasteiger partial charge in [0.15, 0.2) is 5.69 Å². The maximum atomic E-state index is 12.3. The predicted molar refractivity (Wildman–Crippen MR) is 77.8 cm³/mol. The molecule has 2 N–H and O–H groups in total. The van der Waals surface area contributed by atoms with Gasteiger partial charge < -0.3 is 5.32 Å². The first-order chi connectivity index (χ1) is 9.65. The average Bonchev–Trinajstić information content (AvgIpc) is 2.87. The van der Waals surface area contributed by atoms with Crippen molar-refractivity contribution in [3.8, 4) is 0 Å². The van der Waals surface area contributed by atoms with E-state index in [0.29, 0.717) is 5.69 Å². The predicted octanol–water partition coefficient (Wildman–Crippen LogP) is 2.83. The van der Waals surface area contributed by atoms with Gasteiger partial charge in [-0.15, -0.1) is 0 Å². The molecule has 3 aromatic rings. The van der Waals surface area contributed by atoms with E-state index in [-0.39, 0.29) is 5.91 Å². The first-order valence-electron chi connectivity index (χ1n) is 6.32. The van der Waals surface area contributed by atoms with Gasteiger partial charge in [0.2, 0.25) is 0 Å². The van der Waals surface area contributed by atoms with Crippen molar-refractivity contribution in [3.63, 3.8) is 0 Å². The summed E-state index contributed by atoms with van der Waals surface area (Å²) in [6.07, 6.45) is 3.30. The lowest BCUT2D eigenvalue weighted by Crippen LogP contribution is -2.13. The summed E-state index contributed by atoms with van der Waals surface area (Å²) in [6.45, 7) is 3.95. The first-order valence-corrected chi connectivity index (χ1v) is 6.32. The number of hydrogen-bond donors (Lipinski definition) is 2. The Morgan fingerprint density at radius 3 is 2.95 bits per heavy atom. The van der Waals surface area contributed by atoms with Gasteiger partial charge in [-0.2, -0.15) is 5.10 Å². The van der Waals surface area contributed by atoms with E-state index in [4.69, 9.17) is 0 Å². The van der Waals surface area contributed by atoms with E-state index in [9.17, 15) is 4.79 Å². The molecule has 0 aliphatic carbocycles. The van der Waals surface area contributed by atoms with E-state index in [1.165, 1.54) is 0 Å². The first kappa shape index (κ1) is 12.3. The van der Waals surface area contributed by atoms with Gasteiger partial charge in [0.1, 0.15) is 0 Å². The minimum Gasteiger partial charge on any atom is -0.320 e. The molecule has 0 spiro atoms. The third kappa shape index (κ3) is 2.14. The maximum Gasteiger partial charge on any atom is 0.276 e. The molecular formula is C15H14N4O. The standard InChI is InChI=1S/C15H14N4O/c1-9-3-4-10(2)13(7-9)17-15(20)14-11-8-16-6-5-12(11)18-19-14/h3-8H,1-2H3,(H,17,20)(H,18,19). The molecule has 20 heavy (non-hydrogen) atoms. The van der Waals surface area contributed by atoms with E-state index in [2.05, 4.69) is 20.5 Å². The lowest BCUT2D eigenvalue weighted by atomic mass is 10.1.